The molecule has 0 aliphatic heterocycles. The molecule has 0 amide bonds. The van der Waals surface area contributed by atoms with Crippen molar-refractivity contribution in [2.24, 2.45) is 5.41 Å². The molecule has 3 aromatic rings. The summed E-state index contributed by atoms with van der Waals surface area (Å²) in [6.07, 6.45) is 4.76. The molecule has 122 valence electrons. The molecule has 0 unspecified atom stereocenters. The summed E-state index contributed by atoms with van der Waals surface area (Å²) >= 11 is 0. The van der Waals surface area contributed by atoms with Gasteiger partial charge in [0.15, 0.2) is 5.76 Å². The fraction of sp³-hybridized carbons (Fsp3) is 0.421. The Morgan fingerprint density at radius 3 is 2.52 bits per heavy atom. The number of pyridine rings is 1. The number of imidazole rings is 1. The van der Waals surface area contributed by atoms with Crippen molar-refractivity contribution < 1.29 is 4.42 Å². The maximum atomic E-state index is 5.59. The van der Waals surface area contributed by atoms with Gasteiger partial charge in [0.25, 0.3) is 0 Å². The van der Waals surface area contributed by atoms with Gasteiger partial charge in [0, 0.05) is 11.7 Å². The van der Waals surface area contributed by atoms with E-state index in [1.165, 1.54) is 0 Å². The first kappa shape index (κ1) is 15.7. The van der Waals surface area contributed by atoms with Crippen LogP contribution < -0.4 is 5.32 Å². The van der Waals surface area contributed by atoms with E-state index in [9.17, 15) is 0 Å². The first-order valence-electron chi connectivity index (χ1n) is 8.04. The van der Waals surface area contributed by atoms with E-state index in [0.717, 1.165) is 29.3 Å². The smallest absolute Gasteiger partial charge is 0.156 e. The molecule has 3 heterocycles. The molecule has 0 atom stereocenters. The van der Waals surface area contributed by atoms with Gasteiger partial charge in [0.2, 0.25) is 0 Å². The van der Waals surface area contributed by atoms with Crippen LogP contribution in [0.5, 0.6) is 0 Å². The lowest BCUT2D eigenvalue weighted by Gasteiger charge is -2.34. The number of aromatic nitrogens is 2. The molecule has 0 aliphatic carbocycles. The first-order valence-corrected chi connectivity index (χ1v) is 8.04. The van der Waals surface area contributed by atoms with E-state index in [1.54, 1.807) is 6.26 Å². The van der Waals surface area contributed by atoms with Crippen molar-refractivity contribution in [3.63, 3.8) is 0 Å². The van der Waals surface area contributed by atoms with Crippen molar-refractivity contribution in [1.29, 1.82) is 0 Å². The predicted molar refractivity (Wildman–Crippen MR) is 94.7 cm³/mol. The van der Waals surface area contributed by atoms with Gasteiger partial charge < -0.3 is 9.73 Å². The van der Waals surface area contributed by atoms with Crippen LogP contribution >= 0.6 is 0 Å². The normalized spacial score (nSPS) is 12.7. The summed E-state index contributed by atoms with van der Waals surface area (Å²) in [5.74, 6) is 1.76. The minimum atomic E-state index is -0.0641. The van der Waals surface area contributed by atoms with Crippen LogP contribution in [-0.2, 0) is 0 Å². The van der Waals surface area contributed by atoms with Crippen LogP contribution in [0.1, 0.15) is 41.0 Å². The number of nitrogens with one attached hydrogen (secondary N) is 1. The second kappa shape index (κ2) is 5.44. The van der Waals surface area contributed by atoms with Crippen LogP contribution in [0.2, 0.25) is 0 Å². The predicted octanol–water partition coefficient (Wildman–Crippen LogP) is 5.22. The number of anilines is 1. The molecule has 4 nitrogen and oxygen atoms in total. The molecule has 0 aromatic carbocycles. The van der Waals surface area contributed by atoms with Crippen molar-refractivity contribution in [1.82, 2.24) is 9.38 Å². The minimum Gasteiger partial charge on any atom is -0.463 e. The van der Waals surface area contributed by atoms with Gasteiger partial charge in [0.05, 0.1) is 6.26 Å². The van der Waals surface area contributed by atoms with Gasteiger partial charge in [-0.05, 0) is 49.9 Å². The van der Waals surface area contributed by atoms with E-state index in [4.69, 9.17) is 9.40 Å². The minimum absolute atomic E-state index is 0.0641. The molecule has 0 saturated carbocycles. The highest BCUT2D eigenvalue weighted by Crippen LogP contribution is 2.34. The topological polar surface area (TPSA) is 42.5 Å². The molecule has 3 aromatic heterocycles. The second-order valence-corrected chi connectivity index (χ2v) is 7.96. The van der Waals surface area contributed by atoms with E-state index >= 15 is 0 Å². The van der Waals surface area contributed by atoms with Crippen molar-refractivity contribution in [2.75, 3.05) is 5.32 Å². The summed E-state index contributed by atoms with van der Waals surface area (Å²) in [5.41, 5.74) is 1.93. The SMILES string of the molecule is CC(C)(C)CC(C)(C)Nc1c(-c2ccco2)nc2ccccn12. The Morgan fingerprint density at radius 1 is 1.09 bits per heavy atom. The van der Waals surface area contributed by atoms with Crippen molar-refractivity contribution in [3.05, 3.63) is 42.8 Å². The summed E-state index contributed by atoms with van der Waals surface area (Å²) in [7, 11) is 0. The molecule has 23 heavy (non-hydrogen) atoms. The van der Waals surface area contributed by atoms with Crippen LogP contribution in [0.25, 0.3) is 17.1 Å². The maximum absolute atomic E-state index is 5.59. The molecule has 1 N–H and O–H groups in total. The molecular weight excluding hydrogens is 286 g/mol. The van der Waals surface area contributed by atoms with Gasteiger partial charge in [-0.15, -0.1) is 0 Å². The van der Waals surface area contributed by atoms with E-state index in [-0.39, 0.29) is 11.0 Å². The number of hydrogen-bond acceptors (Lipinski definition) is 3. The van der Waals surface area contributed by atoms with Crippen molar-refractivity contribution >= 4 is 11.5 Å². The zero-order chi connectivity index (χ0) is 16.7. The van der Waals surface area contributed by atoms with Crippen molar-refractivity contribution in [3.8, 4) is 11.5 Å². The molecule has 0 spiro atoms. The van der Waals surface area contributed by atoms with E-state index in [1.807, 2.05) is 36.5 Å². The highest BCUT2D eigenvalue weighted by atomic mass is 16.3. The Morgan fingerprint density at radius 2 is 1.87 bits per heavy atom. The lowest BCUT2D eigenvalue weighted by atomic mass is 9.82. The van der Waals surface area contributed by atoms with Gasteiger partial charge in [-0.25, -0.2) is 4.98 Å². The lowest BCUT2D eigenvalue weighted by Crippen LogP contribution is -2.36. The standard InChI is InChI=1S/C19H25N3O/c1-18(2,3)13-19(4,5)21-17-16(14-9-8-12-23-14)20-15-10-6-7-11-22(15)17/h6-12,21H,13H2,1-5H3. The van der Waals surface area contributed by atoms with Gasteiger partial charge in [-0.1, -0.05) is 26.8 Å². The highest BCUT2D eigenvalue weighted by molar-refractivity contribution is 5.73. The molecule has 0 bridgehead atoms. The zero-order valence-corrected chi connectivity index (χ0v) is 14.6. The summed E-state index contributed by atoms with van der Waals surface area (Å²) in [6, 6.07) is 9.86. The van der Waals surface area contributed by atoms with Gasteiger partial charge >= 0.3 is 0 Å². The highest BCUT2D eigenvalue weighted by Gasteiger charge is 2.28. The lowest BCUT2D eigenvalue weighted by molar-refractivity contribution is 0.302. The average Bonchev–Trinajstić information content (AvgIpc) is 3.03. The third kappa shape index (κ3) is 3.41. The quantitative estimate of drug-likeness (QED) is 0.718. The zero-order valence-electron chi connectivity index (χ0n) is 14.6. The van der Waals surface area contributed by atoms with Crippen LogP contribution in [-0.4, -0.2) is 14.9 Å². The Kier molecular flexibility index (Phi) is 3.71. The number of rotatable bonds is 4. The molecule has 0 saturated heterocycles. The van der Waals surface area contributed by atoms with E-state index in [2.05, 4.69) is 44.3 Å². The third-order valence-corrected chi connectivity index (χ3v) is 3.71. The van der Waals surface area contributed by atoms with Gasteiger partial charge in [-0.3, -0.25) is 4.40 Å². The molecular formula is C19H25N3O. The van der Waals surface area contributed by atoms with E-state index < -0.39 is 0 Å². The van der Waals surface area contributed by atoms with Crippen LogP contribution in [0.4, 0.5) is 5.82 Å². The third-order valence-electron chi connectivity index (χ3n) is 3.71. The number of nitrogens with zero attached hydrogens (tertiary/aromatic N) is 2. The first-order chi connectivity index (χ1) is 10.8. The Balaban J connectivity index is 2.07. The van der Waals surface area contributed by atoms with Gasteiger partial charge in [0.1, 0.15) is 17.2 Å². The van der Waals surface area contributed by atoms with E-state index in [0.29, 0.717) is 0 Å². The fourth-order valence-electron chi connectivity index (χ4n) is 3.39. The van der Waals surface area contributed by atoms with Crippen LogP contribution in [0.3, 0.4) is 0 Å². The second-order valence-electron chi connectivity index (χ2n) is 7.96. The summed E-state index contributed by atoms with van der Waals surface area (Å²) in [6.45, 7) is 11.2. The molecule has 0 radical (unpaired) electrons. The summed E-state index contributed by atoms with van der Waals surface area (Å²) < 4.78 is 7.67. The Labute approximate surface area is 137 Å². The summed E-state index contributed by atoms with van der Waals surface area (Å²) in [5, 5.41) is 3.70. The maximum Gasteiger partial charge on any atom is 0.156 e. The van der Waals surface area contributed by atoms with Crippen molar-refractivity contribution in [2.45, 2.75) is 46.6 Å². The molecule has 3 rings (SSSR count). The fourth-order valence-corrected chi connectivity index (χ4v) is 3.39. The average molecular weight is 311 g/mol. The Hall–Kier alpha value is -2.23. The number of fused-ring (bicyclic) bond motifs is 1. The molecule has 0 fully saturated rings. The number of hydrogen-bond donors (Lipinski definition) is 1. The Bertz CT molecular complexity index is 792. The van der Waals surface area contributed by atoms with Crippen LogP contribution in [0, 0.1) is 5.41 Å². The molecule has 0 aliphatic rings. The monoisotopic (exact) mass is 311 g/mol. The number of furan rings is 1. The molecule has 4 heteroatoms. The van der Waals surface area contributed by atoms with Crippen LogP contribution in [0.15, 0.2) is 47.2 Å². The summed E-state index contributed by atoms with van der Waals surface area (Å²) in [4.78, 5) is 4.74. The van der Waals surface area contributed by atoms with Gasteiger partial charge in [-0.2, -0.15) is 0 Å². The largest absolute Gasteiger partial charge is 0.463 e.